The van der Waals surface area contributed by atoms with Gasteiger partial charge < -0.3 is 29.4 Å². The predicted molar refractivity (Wildman–Crippen MR) is 139 cm³/mol. The van der Waals surface area contributed by atoms with Crippen molar-refractivity contribution in [3.8, 4) is 11.5 Å². The van der Waals surface area contributed by atoms with Crippen molar-refractivity contribution in [1.82, 2.24) is 9.80 Å². The first-order valence-electron chi connectivity index (χ1n) is 14.1. The number of aromatic hydroxyl groups is 1. The lowest BCUT2D eigenvalue weighted by Crippen LogP contribution is -2.76. The van der Waals surface area contributed by atoms with Crippen molar-refractivity contribution in [2.24, 2.45) is 5.92 Å². The van der Waals surface area contributed by atoms with Gasteiger partial charge >= 0.3 is 0 Å². The van der Waals surface area contributed by atoms with E-state index in [0.29, 0.717) is 38.1 Å². The Hall–Kier alpha value is -2.55. The van der Waals surface area contributed by atoms with Gasteiger partial charge in [0, 0.05) is 31.1 Å². The molecule has 38 heavy (non-hydrogen) atoms. The highest BCUT2D eigenvalue weighted by Gasteiger charge is 2.71. The smallest absolute Gasteiger partial charge is 0.226 e. The topological polar surface area (TPSA) is 107 Å². The summed E-state index contributed by atoms with van der Waals surface area (Å²) in [5.74, 6) is 0.735. The summed E-state index contributed by atoms with van der Waals surface area (Å²) in [4.78, 5) is 17.8. The summed E-state index contributed by atoms with van der Waals surface area (Å²) in [5.41, 5.74) is 0.385. The Morgan fingerprint density at radius 3 is 2.68 bits per heavy atom. The Labute approximate surface area is 223 Å². The lowest BCUT2D eigenvalue weighted by Gasteiger charge is -2.62. The maximum atomic E-state index is 13.7. The minimum absolute atomic E-state index is 0.0756. The number of benzene rings is 1. The molecule has 7 atom stereocenters. The molecule has 3 N–H and O–H groups in total. The number of phenols is 1. The van der Waals surface area contributed by atoms with Gasteiger partial charge in [0.05, 0.1) is 35.2 Å². The van der Waals surface area contributed by atoms with E-state index in [1.54, 1.807) is 18.6 Å². The number of amides is 1. The highest BCUT2D eigenvalue weighted by Crippen LogP contribution is 2.63. The van der Waals surface area contributed by atoms with Crippen molar-refractivity contribution in [1.29, 1.82) is 0 Å². The average Bonchev–Trinajstić information content (AvgIpc) is 3.73. The number of phenolic OH excluding ortho intramolecular Hbond substituents is 1. The van der Waals surface area contributed by atoms with Crippen LogP contribution in [0.25, 0.3) is 0 Å². The van der Waals surface area contributed by atoms with Crippen LogP contribution >= 0.6 is 0 Å². The lowest BCUT2D eigenvalue weighted by atomic mass is 9.51. The van der Waals surface area contributed by atoms with E-state index in [1.807, 2.05) is 31.0 Å². The van der Waals surface area contributed by atoms with E-state index in [1.165, 1.54) is 0 Å². The molecule has 0 radical (unpaired) electrons. The molecule has 204 valence electrons. The Bertz CT molecular complexity index is 1270. The van der Waals surface area contributed by atoms with Gasteiger partial charge in [-0.15, -0.1) is 0 Å². The van der Waals surface area contributed by atoms with E-state index in [0.717, 1.165) is 36.0 Å². The Balaban J connectivity index is 1.25. The Morgan fingerprint density at radius 1 is 1.18 bits per heavy atom. The number of furan rings is 1. The summed E-state index contributed by atoms with van der Waals surface area (Å²) in [6.45, 7) is 5.34. The van der Waals surface area contributed by atoms with E-state index < -0.39 is 22.7 Å². The summed E-state index contributed by atoms with van der Waals surface area (Å²) in [6, 6.07) is 5.05. The maximum Gasteiger partial charge on any atom is 0.226 e. The van der Waals surface area contributed by atoms with E-state index >= 15 is 0 Å². The lowest BCUT2D eigenvalue weighted by molar-refractivity contribution is -0.195. The van der Waals surface area contributed by atoms with Crippen LogP contribution < -0.4 is 4.74 Å². The van der Waals surface area contributed by atoms with Gasteiger partial charge in [-0.1, -0.05) is 6.07 Å². The fourth-order valence-corrected chi connectivity index (χ4v) is 8.25. The molecule has 3 saturated carbocycles. The third kappa shape index (κ3) is 3.23. The van der Waals surface area contributed by atoms with Gasteiger partial charge in [-0.3, -0.25) is 9.69 Å². The summed E-state index contributed by atoms with van der Waals surface area (Å²) in [5, 5.41) is 34.3. The first-order chi connectivity index (χ1) is 18.1. The van der Waals surface area contributed by atoms with Crippen molar-refractivity contribution >= 4 is 5.91 Å². The molecule has 8 nitrogen and oxygen atoms in total. The Morgan fingerprint density at radius 2 is 1.97 bits per heavy atom. The van der Waals surface area contributed by atoms with Gasteiger partial charge in [-0.2, -0.15) is 0 Å². The van der Waals surface area contributed by atoms with Crippen LogP contribution in [0.3, 0.4) is 0 Å². The molecule has 3 heterocycles. The molecule has 2 aliphatic heterocycles. The fourth-order valence-electron chi connectivity index (χ4n) is 8.25. The molecule has 1 amide bonds. The molecule has 3 aliphatic carbocycles. The van der Waals surface area contributed by atoms with E-state index in [-0.39, 0.29) is 35.6 Å². The van der Waals surface area contributed by atoms with E-state index in [2.05, 4.69) is 11.8 Å². The second kappa shape index (κ2) is 7.99. The molecular weight excluding hydrogens is 484 g/mol. The zero-order valence-corrected chi connectivity index (χ0v) is 22.4. The second-order valence-corrected chi connectivity index (χ2v) is 12.7. The van der Waals surface area contributed by atoms with Crippen LogP contribution in [0.4, 0.5) is 0 Å². The minimum Gasteiger partial charge on any atom is -0.504 e. The first kappa shape index (κ1) is 24.5. The number of fused-ring (bicyclic) bond motifs is 1. The quantitative estimate of drug-likeness (QED) is 0.554. The first-order valence-corrected chi connectivity index (χ1v) is 14.1. The number of likely N-dealkylation sites (tertiary alicyclic amines) is 1. The predicted octanol–water partition coefficient (Wildman–Crippen LogP) is 3.07. The van der Waals surface area contributed by atoms with Crippen LogP contribution in [-0.4, -0.2) is 80.6 Å². The number of β-amino-alcohol motifs (C(OH)–C–C–N with tert-alkyl or cyclic N) is 1. The van der Waals surface area contributed by atoms with Crippen LogP contribution in [-0.2, 0) is 10.2 Å². The van der Waals surface area contributed by atoms with Crippen molar-refractivity contribution < 1.29 is 29.3 Å². The monoisotopic (exact) mass is 522 g/mol. The number of carbonyl (C=O) groups excluding carboxylic acids is 1. The van der Waals surface area contributed by atoms with Crippen LogP contribution in [0, 0.1) is 12.8 Å². The number of nitrogens with zero attached hydrogens (tertiary/aromatic N) is 2. The average molecular weight is 523 g/mol. The molecule has 4 fully saturated rings. The molecule has 1 spiro atoms. The van der Waals surface area contributed by atoms with Gasteiger partial charge in [0.2, 0.25) is 5.91 Å². The van der Waals surface area contributed by atoms with Crippen molar-refractivity contribution in [2.75, 3.05) is 20.1 Å². The number of hydrogen-bond acceptors (Lipinski definition) is 7. The number of hydrogen-bond donors (Lipinski definition) is 3. The van der Waals surface area contributed by atoms with Gasteiger partial charge in [0.15, 0.2) is 11.5 Å². The zero-order chi connectivity index (χ0) is 26.6. The number of piperidine rings is 1. The standard InChI is InChI=1S/C30H38N2O6/c1-17-4-5-23(33)25-24(17)29-11-12-32(16-28(35)9-10-28)18(2)30(29,36)8-6-22(26(29)38-25)31(3)27(34)21-14-20(21)19-7-13-37-15-19/h4-5,7,13,15,18,20-22,26,33,35-36H,6,8-12,14,16H2,1-3H3/t18?,20?,21?,22-,26+,29+,30-/m1/s1. The molecule has 3 unspecified atom stereocenters. The van der Waals surface area contributed by atoms with Crippen LogP contribution in [0.5, 0.6) is 11.5 Å². The number of rotatable bonds is 5. The van der Waals surface area contributed by atoms with Crippen LogP contribution in [0.15, 0.2) is 35.1 Å². The van der Waals surface area contributed by atoms with Crippen LogP contribution in [0.2, 0.25) is 0 Å². The summed E-state index contributed by atoms with van der Waals surface area (Å²) in [7, 11) is 1.87. The SMILES string of the molecule is Cc1ccc(O)c2c1[C@]13CCN(CC4(O)CC4)C(C)[C@]1(O)CC[C@@H](N(C)C(=O)C1CC1c1ccoc1)[C@@H]3O2. The number of ether oxygens (including phenoxy) is 1. The minimum atomic E-state index is -1.13. The fraction of sp³-hybridized carbons (Fsp3) is 0.633. The molecular formula is C30H38N2O6. The number of carbonyl (C=O) groups is 1. The molecule has 1 saturated heterocycles. The molecule has 0 bridgehead atoms. The maximum absolute atomic E-state index is 13.7. The third-order valence-electron chi connectivity index (χ3n) is 10.7. The van der Waals surface area contributed by atoms with Gasteiger partial charge in [-0.25, -0.2) is 0 Å². The molecule has 8 heteroatoms. The van der Waals surface area contributed by atoms with Gasteiger partial charge in [0.1, 0.15) is 6.10 Å². The zero-order valence-electron chi connectivity index (χ0n) is 22.4. The highest BCUT2D eigenvalue weighted by molar-refractivity contribution is 5.83. The summed E-state index contributed by atoms with van der Waals surface area (Å²) >= 11 is 0. The van der Waals surface area contributed by atoms with E-state index in [4.69, 9.17) is 9.15 Å². The van der Waals surface area contributed by atoms with Crippen molar-refractivity contribution in [3.05, 3.63) is 47.4 Å². The molecule has 7 rings (SSSR count). The van der Waals surface area contributed by atoms with Crippen LogP contribution in [0.1, 0.15) is 68.1 Å². The summed E-state index contributed by atoms with van der Waals surface area (Å²) in [6.07, 6.45) is 7.06. The third-order valence-corrected chi connectivity index (χ3v) is 10.7. The molecule has 1 aromatic carbocycles. The molecule has 5 aliphatic rings. The van der Waals surface area contributed by atoms with Crippen molar-refractivity contribution in [2.45, 2.75) is 93.1 Å². The molecule has 1 aromatic heterocycles. The van der Waals surface area contributed by atoms with Gasteiger partial charge in [0.25, 0.3) is 0 Å². The highest BCUT2D eigenvalue weighted by atomic mass is 16.5. The van der Waals surface area contributed by atoms with E-state index in [9.17, 15) is 20.1 Å². The molecule has 2 aromatic rings. The number of aryl methyl sites for hydroxylation is 1. The number of likely N-dealkylation sites (N-methyl/N-ethyl adjacent to an activating group) is 1. The largest absolute Gasteiger partial charge is 0.504 e. The second-order valence-electron chi connectivity index (χ2n) is 12.7. The number of aliphatic hydroxyl groups is 2. The van der Waals surface area contributed by atoms with Gasteiger partial charge in [-0.05, 0) is 88.1 Å². The van der Waals surface area contributed by atoms with Crippen molar-refractivity contribution in [3.63, 3.8) is 0 Å². The summed E-state index contributed by atoms with van der Waals surface area (Å²) < 4.78 is 11.9. The Kier molecular flexibility index (Phi) is 5.15. The normalized spacial score (nSPS) is 38.5.